The fourth-order valence-electron chi connectivity index (χ4n) is 2.15. The zero-order valence-electron chi connectivity index (χ0n) is 15.3. The molecule has 3 nitrogen and oxygen atoms in total. The Balaban J connectivity index is 2.50. The van der Waals surface area contributed by atoms with Crippen LogP contribution in [0.15, 0.2) is 42.5 Å². The first-order valence-corrected chi connectivity index (χ1v) is 11.6. The molecule has 128 valence electrons. The lowest BCUT2D eigenvalue weighted by molar-refractivity contribution is -0.131. The summed E-state index contributed by atoms with van der Waals surface area (Å²) in [7, 11) is -1.53. The molecule has 4 heteroatoms. The van der Waals surface area contributed by atoms with E-state index in [1.54, 1.807) is 30.3 Å². The highest BCUT2D eigenvalue weighted by atomic mass is 28.3. The van der Waals surface area contributed by atoms with E-state index < -0.39 is 14.0 Å². The summed E-state index contributed by atoms with van der Waals surface area (Å²) in [5.41, 5.74) is 6.00. The van der Waals surface area contributed by atoms with Gasteiger partial charge in [-0.05, 0) is 25.1 Å². The molecule has 0 saturated carbocycles. The third kappa shape index (κ3) is 5.44. The molecule has 0 fully saturated rings. The van der Waals surface area contributed by atoms with Crippen LogP contribution in [0.5, 0.6) is 5.75 Å². The molecule has 25 heavy (non-hydrogen) atoms. The molecular weight excluding hydrogens is 328 g/mol. The summed E-state index contributed by atoms with van der Waals surface area (Å²) in [5, 5.41) is 0. The summed E-state index contributed by atoms with van der Waals surface area (Å²) >= 11 is 0. The largest absolute Gasteiger partial charge is 0.426 e. The van der Waals surface area contributed by atoms with E-state index in [0.29, 0.717) is 11.1 Å². The molecule has 0 spiro atoms. The molecular formula is C21H22O3Si. The molecule has 2 aromatic carbocycles. The van der Waals surface area contributed by atoms with E-state index >= 15 is 0 Å². The number of ether oxygens (including phenoxy) is 1. The van der Waals surface area contributed by atoms with Crippen LogP contribution in [0.4, 0.5) is 0 Å². The van der Waals surface area contributed by atoms with Crippen LogP contribution in [-0.4, -0.2) is 19.8 Å². The van der Waals surface area contributed by atoms with Gasteiger partial charge in [-0.3, -0.25) is 9.59 Å². The third-order valence-corrected chi connectivity index (χ3v) is 4.25. The van der Waals surface area contributed by atoms with Crippen molar-refractivity contribution >= 4 is 19.8 Å². The van der Waals surface area contributed by atoms with Crippen LogP contribution >= 0.6 is 0 Å². The highest BCUT2D eigenvalue weighted by molar-refractivity contribution is 6.83. The van der Waals surface area contributed by atoms with Crippen molar-refractivity contribution < 1.29 is 14.3 Å². The summed E-state index contributed by atoms with van der Waals surface area (Å²) in [5.74, 6) is 2.75. The van der Waals surface area contributed by atoms with Crippen molar-refractivity contribution in [2.24, 2.45) is 0 Å². The number of carbonyl (C=O) groups is 2. The maximum atomic E-state index is 12.9. The molecule has 0 aliphatic rings. The lowest BCUT2D eigenvalue weighted by atomic mass is 9.99. The predicted molar refractivity (Wildman–Crippen MR) is 103 cm³/mol. The molecule has 0 radical (unpaired) electrons. The lowest BCUT2D eigenvalue weighted by Gasteiger charge is -2.10. The smallest absolute Gasteiger partial charge is 0.308 e. The summed E-state index contributed by atoms with van der Waals surface area (Å²) in [6, 6.07) is 12.4. The highest BCUT2D eigenvalue weighted by Gasteiger charge is 2.17. The average Bonchev–Trinajstić information content (AvgIpc) is 2.52. The van der Waals surface area contributed by atoms with Gasteiger partial charge in [0.15, 0.2) is 5.78 Å². The second-order valence-electron chi connectivity index (χ2n) is 7.00. The molecule has 0 atom stereocenters. The Morgan fingerprint density at radius 3 is 2.20 bits per heavy atom. The minimum atomic E-state index is -1.53. The third-order valence-electron chi connectivity index (χ3n) is 3.37. The van der Waals surface area contributed by atoms with Gasteiger partial charge in [0.25, 0.3) is 0 Å². The Bertz CT molecular complexity index is 863. The quantitative estimate of drug-likeness (QED) is 0.271. The van der Waals surface area contributed by atoms with Gasteiger partial charge in [-0.15, -0.1) is 5.54 Å². The first kappa shape index (κ1) is 18.7. The first-order chi connectivity index (χ1) is 11.7. The van der Waals surface area contributed by atoms with Crippen LogP contribution in [0.3, 0.4) is 0 Å². The molecule has 0 amide bonds. The van der Waals surface area contributed by atoms with Crippen LogP contribution in [-0.2, 0) is 4.79 Å². The van der Waals surface area contributed by atoms with Crippen LogP contribution in [0.1, 0.15) is 34.0 Å². The van der Waals surface area contributed by atoms with Gasteiger partial charge in [-0.25, -0.2) is 0 Å². The Hall–Kier alpha value is -2.64. The van der Waals surface area contributed by atoms with Gasteiger partial charge in [0, 0.05) is 18.1 Å². The number of benzene rings is 2. The van der Waals surface area contributed by atoms with Gasteiger partial charge in [0.05, 0.1) is 5.56 Å². The SMILES string of the molecule is CC(=O)Oc1ccc(C#C[Si](C)(C)C)cc1C(=O)c1ccc(C)cc1. The van der Waals surface area contributed by atoms with Crippen molar-refractivity contribution in [3.05, 3.63) is 64.7 Å². The van der Waals surface area contributed by atoms with E-state index in [0.717, 1.165) is 11.1 Å². The van der Waals surface area contributed by atoms with E-state index in [4.69, 9.17) is 4.74 Å². The van der Waals surface area contributed by atoms with E-state index in [9.17, 15) is 9.59 Å². The summed E-state index contributed by atoms with van der Waals surface area (Å²) in [6.45, 7) is 9.76. The van der Waals surface area contributed by atoms with Gasteiger partial charge in [0.1, 0.15) is 13.8 Å². The Morgan fingerprint density at radius 1 is 1.00 bits per heavy atom. The van der Waals surface area contributed by atoms with E-state index in [1.165, 1.54) is 6.92 Å². The van der Waals surface area contributed by atoms with Crippen molar-refractivity contribution in [1.29, 1.82) is 0 Å². The molecule has 0 aromatic heterocycles. The zero-order valence-corrected chi connectivity index (χ0v) is 16.3. The molecule has 0 bridgehead atoms. The second kappa shape index (κ2) is 7.50. The molecule has 2 rings (SSSR count). The summed E-state index contributed by atoms with van der Waals surface area (Å²) in [6.07, 6.45) is 0. The Labute approximate surface area is 150 Å². The van der Waals surface area contributed by atoms with Gasteiger partial charge in [0.2, 0.25) is 0 Å². The minimum Gasteiger partial charge on any atom is -0.426 e. The first-order valence-electron chi connectivity index (χ1n) is 8.13. The van der Waals surface area contributed by atoms with Crippen molar-refractivity contribution in [3.63, 3.8) is 0 Å². The topological polar surface area (TPSA) is 43.4 Å². The zero-order chi connectivity index (χ0) is 18.6. The fraction of sp³-hybridized carbons (Fsp3) is 0.238. The minimum absolute atomic E-state index is 0.187. The number of hydrogen-bond donors (Lipinski definition) is 0. The van der Waals surface area contributed by atoms with Crippen LogP contribution in [0.2, 0.25) is 19.6 Å². The molecule has 0 aliphatic heterocycles. The number of hydrogen-bond acceptors (Lipinski definition) is 3. The second-order valence-corrected chi connectivity index (χ2v) is 11.7. The van der Waals surface area contributed by atoms with E-state index in [-0.39, 0.29) is 11.5 Å². The maximum absolute atomic E-state index is 12.9. The normalized spacial score (nSPS) is 10.6. The molecule has 0 unspecified atom stereocenters. The van der Waals surface area contributed by atoms with Crippen LogP contribution in [0, 0.1) is 18.4 Å². The number of aryl methyl sites for hydroxylation is 1. The van der Waals surface area contributed by atoms with E-state index in [1.807, 2.05) is 19.1 Å². The summed E-state index contributed by atoms with van der Waals surface area (Å²) < 4.78 is 5.21. The van der Waals surface area contributed by atoms with Gasteiger partial charge in [-0.1, -0.05) is 55.4 Å². The molecule has 0 heterocycles. The van der Waals surface area contributed by atoms with Gasteiger partial charge >= 0.3 is 5.97 Å². The van der Waals surface area contributed by atoms with Crippen molar-refractivity contribution in [3.8, 4) is 17.2 Å². The Morgan fingerprint density at radius 2 is 1.64 bits per heavy atom. The monoisotopic (exact) mass is 350 g/mol. The van der Waals surface area contributed by atoms with Crippen LogP contribution < -0.4 is 4.74 Å². The molecule has 2 aromatic rings. The van der Waals surface area contributed by atoms with Crippen LogP contribution in [0.25, 0.3) is 0 Å². The molecule has 0 N–H and O–H groups in total. The molecule has 0 aliphatic carbocycles. The highest BCUT2D eigenvalue weighted by Crippen LogP contribution is 2.24. The summed E-state index contributed by atoms with van der Waals surface area (Å²) in [4.78, 5) is 24.2. The number of carbonyl (C=O) groups excluding carboxylic acids is 2. The van der Waals surface area contributed by atoms with E-state index in [2.05, 4.69) is 31.1 Å². The van der Waals surface area contributed by atoms with Gasteiger partial charge < -0.3 is 4.74 Å². The molecule has 0 saturated heterocycles. The number of esters is 1. The van der Waals surface area contributed by atoms with Crippen molar-refractivity contribution in [2.75, 3.05) is 0 Å². The Kier molecular flexibility index (Phi) is 5.61. The van der Waals surface area contributed by atoms with Crippen molar-refractivity contribution in [1.82, 2.24) is 0 Å². The standard InChI is InChI=1S/C21H22O3Si/c1-15-6-9-18(10-7-15)21(23)19-14-17(12-13-25(3,4)5)8-11-20(19)24-16(2)22/h6-11,14H,1-5H3. The van der Waals surface area contributed by atoms with Gasteiger partial charge in [-0.2, -0.15) is 0 Å². The maximum Gasteiger partial charge on any atom is 0.308 e. The predicted octanol–water partition coefficient (Wildman–Crippen LogP) is 4.38. The number of ketones is 1. The fourth-order valence-corrected chi connectivity index (χ4v) is 2.67. The lowest BCUT2D eigenvalue weighted by Crippen LogP contribution is -2.16. The van der Waals surface area contributed by atoms with Crippen molar-refractivity contribution in [2.45, 2.75) is 33.5 Å². The number of rotatable bonds is 3. The average molecular weight is 350 g/mol.